The number of aromatic nitrogens is 3. The van der Waals surface area contributed by atoms with E-state index in [2.05, 4.69) is 14.9 Å². The Morgan fingerprint density at radius 2 is 2.13 bits per heavy atom. The molecule has 1 amide bonds. The van der Waals surface area contributed by atoms with Crippen LogP contribution in [0.3, 0.4) is 0 Å². The van der Waals surface area contributed by atoms with Crippen LogP contribution in [0.2, 0.25) is 0 Å². The summed E-state index contributed by atoms with van der Waals surface area (Å²) in [4.78, 5) is 17.4. The quantitative estimate of drug-likeness (QED) is 0.862. The van der Waals surface area contributed by atoms with Crippen molar-refractivity contribution in [2.24, 2.45) is 7.05 Å². The van der Waals surface area contributed by atoms with E-state index in [-0.39, 0.29) is 28.4 Å². The molecular weight excluding hydrogens is 322 g/mol. The molecule has 0 spiro atoms. The van der Waals surface area contributed by atoms with Gasteiger partial charge in [-0.1, -0.05) is 0 Å². The Morgan fingerprint density at radius 1 is 1.43 bits per heavy atom. The summed E-state index contributed by atoms with van der Waals surface area (Å²) in [5, 5.41) is 3.62. The van der Waals surface area contributed by atoms with Gasteiger partial charge in [0.2, 0.25) is 5.89 Å². The van der Waals surface area contributed by atoms with Gasteiger partial charge in [-0.05, 0) is 24.1 Å². The zero-order valence-electron chi connectivity index (χ0n) is 13.0. The van der Waals surface area contributed by atoms with Crippen molar-refractivity contribution in [2.45, 2.75) is 23.7 Å². The maximum Gasteiger partial charge on any atom is 0.277 e. The first-order chi connectivity index (χ1) is 10.8. The molecule has 10 heteroatoms. The number of amides is 1. The normalized spacial score (nSPS) is 14.7. The number of hydrogen-bond donors (Lipinski definition) is 1. The molecule has 1 N–H and O–H groups in total. The number of sulfonamides is 1. The summed E-state index contributed by atoms with van der Waals surface area (Å²) in [5.41, 5.74) is 0.266. The van der Waals surface area contributed by atoms with Gasteiger partial charge in [0.1, 0.15) is 10.6 Å². The first-order valence-electron chi connectivity index (χ1n) is 7.02. The highest BCUT2D eigenvalue weighted by atomic mass is 32.2. The van der Waals surface area contributed by atoms with Crippen molar-refractivity contribution in [1.29, 1.82) is 0 Å². The summed E-state index contributed by atoms with van der Waals surface area (Å²) < 4.78 is 33.5. The van der Waals surface area contributed by atoms with Crippen molar-refractivity contribution in [2.75, 3.05) is 18.8 Å². The Hall–Kier alpha value is -2.36. The minimum atomic E-state index is -3.89. The molecule has 0 atom stereocenters. The molecule has 0 aliphatic heterocycles. The number of nitrogens with zero attached hydrogens (tertiary/aromatic N) is 4. The summed E-state index contributed by atoms with van der Waals surface area (Å²) in [6.45, 7) is 0. The van der Waals surface area contributed by atoms with Crippen LogP contribution in [-0.4, -0.2) is 48.0 Å². The molecule has 1 saturated carbocycles. The molecule has 0 unspecified atom stereocenters. The molecule has 1 aliphatic rings. The molecule has 9 nitrogen and oxygen atoms in total. The first kappa shape index (κ1) is 15.5. The monoisotopic (exact) mass is 339 g/mol. The average molecular weight is 339 g/mol. The second-order valence-electron chi connectivity index (χ2n) is 5.71. The van der Waals surface area contributed by atoms with Crippen LogP contribution in [0.1, 0.15) is 35.1 Å². The highest BCUT2D eigenvalue weighted by Gasteiger charge is 2.30. The number of hydrogen-bond acceptors (Lipinski definition) is 6. The summed E-state index contributed by atoms with van der Waals surface area (Å²) in [6, 6.07) is 1.31. The van der Waals surface area contributed by atoms with E-state index in [0.29, 0.717) is 5.89 Å². The third-order valence-electron chi connectivity index (χ3n) is 3.51. The molecule has 2 aromatic heterocycles. The maximum atomic E-state index is 12.4. The van der Waals surface area contributed by atoms with Crippen LogP contribution in [0, 0.1) is 0 Å². The molecule has 1 fully saturated rings. The molecule has 2 heterocycles. The Balaban J connectivity index is 1.84. The second-order valence-corrected chi connectivity index (χ2v) is 7.39. The van der Waals surface area contributed by atoms with Gasteiger partial charge in [-0.15, -0.1) is 0 Å². The van der Waals surface area contributed by atoms with Gasteiger partial charge < -0.3 is 14.0 Å². The fraction of sp³-hybridized carbons (Fsp3) is 0.462. The topological polar surface area (TPSA) is 110 Å². The van der Waals surface area contributed by atoms with Gasteiger partial charge in [-0.2, -0.15) is 4.98 Å². The number of nitrogens with one attached hydrogen (secondary N) is 1. The molecule has 2 aromatic rings. The van der Waals surface area contributed by atoms with E-state index in [9.17, 15) is 13.2 Å². The zero-order chi connectivity index (χ0) is 16.8. The van der Waals surface area contributed by atoms with Crippen LogP contribution in [0.4, 0.5) is 5.95 Å². The van der Waals surface area contributed by atoms with Crippen molar-refractivity contribution in [3.63, 3.8) is 0 Å². The first-order valence-corrected chi connectivity index (χ1v) is 8.50. The van der Waals surface area contributed by atoms with Crippen LogP contribution in [0.25, 0.3) is 0 Å². The van der Waals surface area contributed by atoms with Gasteiger partial charge in [0.15, 0.2) is 0 Å². The fourth-order valence-electron chi connectivity index (χ4n) is 2.07. The predicted octanol–water partition coefficient (Wildman–Crippen LogP) is 0.788. The van der Waals surface area contributed by atoms with Gasteiger partial charge in [0.05, 0.1) is 0 Å². The molecular formula is C13H17N5O4S. The summed E-state index contributed by atoms with van der Waals surface area (Å²) in [5.74, 6) is 0.293. The average Bonchev–Trinajstić information content (AvgIpc) is 3.10. The lowest BCUT2D eigenvalue weighted by Gasteiger charge is -2.09. The number of anilines is 1. The maximum absolute atomic E-state index is 12.4. The molecule has 124 valence electrons. The smallest absolute Gasteiger partial charge is 0.277 e. The molecule has 0 bridgehead atoms. The third-order valence-corrected chi connectivity index (χ3v) is 4.80. The highest BCUT2D eigenvalue weighted by molar-refractivity contribution is 7.92. The van der Waals surface area contributed by atoms with Gasteiger partial charge in [0, 0.05) is 33.3 Å². The zero-order valence-corrected chi connectivity index (χ0v) is 13.8. The minimum Gasteiger partial charge on any atom is -0.345 e. The number of carbonyl (C=O) groups excluding carboxylic acids is 1. The summed E-state index contributed by atoms with van der Waals surface area (Å²) in [6.07, 6.45) is 3.31. The minimum absolute atomic E-state index is 0.0389. The predicted molar refractivity (Wildman–Crippen MR) is 80.5 cm³/mol. The Morgan fingerprint density at radius 3 is 2.74 bits per heavy atom. The van der Waals surface area contributed by atoms with E-state index in [1.54, 1.807) is 21.1 Å². The van der Waals surface area contributed by atoms with Crippen LogP contribution in [0.15, 0.2) is 21.7 Å². The van der Waals surface area contributed by atoms with Crippen molar-refractivity contribution >= 4 is 21.9 Å². The molecule has 0 aromatic carbocycles. The van der Waals surface area contributed by atoms with Gasteiger partial charge in [-0.25, -0.2) is 13.1 Å². The SMILES string of the molecule is CN(C)C(=O)c1cc(S(=O)(=O)Nc2noc(C3CC3)n2)cn1C. The standard InChI is InChI=1S/C13H17N5O4S/c1-17(2)12(19)10-6-9(7-18(10)3)23(20,21)16-13-14-11(22-15-13)8-4-5-8/h6-8H,4-5H2,1-3H3,(H,15,16). The number of aryl methyl sites for hydroxylation is 1. The van der Waals surface area contributed by atoms with Crippen LogP contribution < -0.4 is 4.72 Å². The molecule has 1 aliphatic carbocycles. The van der Waals surface area contributed by atoms with E-state index in [4.69, 9.17) is 4.52 Å². The lowest BCUT2D eigenvalue weighted by molar-refractivity contribution is 0.0818. The van der Waals surface area contributed by atoms with Crippen LogP contribution in [-0.2, 0) is 17.1 Å². The Labute approximate surface area is 133 Å². The third kappa shape index (κ3) is 3.07. The van der Waals surface area contributed by atoms with E-state index in [0.717, 1.165) is 12.8 Å². The van der Waals surface area contributed by atoms with Crippen molar-refractivity contribution in [3.05, 3.63) is 23.8 Å². The molecule has 0 radical (unpaired) electrons. The lowest BCUT2D eigenvalue weighted by atomic mass is 10.4. The Bertz CT molecular complexity index is 848. The lowest BCUT2D eigenvalue weighted by Crippen LogP contribution is -2.23. The van der Waals surface area contributed by atoms with E-state index >= 15 is 0 Å². The summed E-state index contributed by atoms with van der Waals surface area (Å²) >= 11 is 0. The highest BCUT2D eigenvalue weighted by Crippen LogP contribution is 2.39. The number of carbonyl (C=O) groups is 1. The van der Waals surface area contributed by atoms with Crippen LogP contribution >= 0.6 is 0 Å². The van der Waals surface area contributed by atoms with Gasteiger partial charge in [0.25, 0.3) is 21.9 Å². The second kappa shape index (κ2) is 5.37. The van der Waals surface area contributed by atoms with E-state index in [1.165, 1.54) is 21.7 Å². The largest absolute Gasteiger partial charge is 0.345 e. The van der Waals surface area contributed by atoms with E-state index < -0.39 is 10.0 Å². The number of rotatable bonds is 5. The molecule has 23 heavy (non-hydrogen) atoms. The van der Waals surface area contributed by atoms with Crippen LogP contribution in [0.5, 0.6) is 0 Å². The van der Waals surface area contributed by atoms with Gasteiger partial charge >= 0.3 is 0 Å². The molecule has 3 rings (SSSR count). The van der Waals surface area contributed by atoms with E-state index in [1.807, 2.05) is 0 Å². The van der Waals surface area contributed by atoms with Gasteiger partial charge in [-0.3, -0.25) is 4.79 Å². The van der Waals surface area contributed by atoms with Crippen molar-refractivity contribution < 1.29 is 17.7 Å². The Kier molecular flexibility index (Phi) is 3.63. The fourth-order valence-corrected chi connectivity index (χ4v) is 3.08. The summed E-state index contributed by atoms with van der Waals surface area (Å²) in [7, 11) is 0.909. The van der Waals surface area contributed by atoms with Crippen molar-refractivity contribution in [1.82, 2.24) is 19.6 Å². The van der Waals surface area contributed by atoms with Crippen molar-refractivity contribution in [3.8, 4) is 0 Å². The molecule has 0 saturated heterocycles.